The van der Waals surface area contributed by atoms with Gasteiger partial charge in [0.05, 0.1) is 16.7 Å². The summed E-state index contributed by atoms with van der Waals surface area (Å²) in [6.07, 6.45) is 6.61. The smallest absolute Gasteiger partial charge is 0.225 e. The minimum absolute atomic E-state index is 0.268. The molecule has 2 aromatic carbocycles. The average molecular weight is 497 g/mol. The molecule has 1 aliphatic heterocycles. The van der Waals surface area contributed by atoms with E-state index in [-0.39, 0.29) is 5.92 Å². The highest BCUT2D eigenvalue weighted by atomic mass is 35.5. The summed E-state index contributed by atoms with van der Waals surface area (Å²) in [7, 11) is 0. The summed E-state index contributed by atoms with van der Waals surface area (Å²) in [6, 6.07) is 16.7. The summed E-state index contributed by atoms with van der Waals surface area (Å²) in [5, 5.41) is 8.83. The second-order valence-corrected chi connectivity index (χ2v) is 10.4. The molecule has 180 valence electrons. The van der Waals surface area contributed by atoms with Gasteiger partial charge in [0, 0.05) is 42.7 Å². The fourth-order valence-electron chi connectivity index (χ4n) is 5.34. The van der Waals surface area contributed by atoms with E-state index in [0.29, 0.717) is 16.8 Å². The number of likely N-dealkylation sites (tertiary alicyclic amines) is 1. The van der Waals surface area contributed by atoms with Crippen LogP contribution >= 0.6 is 11.6 Å². The number of aromatic nitrogens is 5. The third kappa shape index (κ3) is 3.84. The lowest BCUT2D eigenvalue weighted by atomic mass is 10.0. The number of benzene rings is 2. The number of rotatable bonds is 5. The molecular formula is C28H25ClN6O. The molecule has 36 heavy (non-hydrogen) atoms. The van der Waals surface area contributed by atoms with Gasteiger partial charge in [0.2, 0.25) is 5.91 Å². The van der Waals surface area contributed by atoms with Crippen LogP contribution in [0, 0.1) is 11.8 Å². The Morgan fingerprint density at radius 2 is 1.81 bits per heavy atom. The molecule has 8 heteroatoms. The van der Waals surface area contributed by atoms with Crippen molar-refractivity contribution in [1.82, 2.24) is 29.6 Å². The maximum Gasteiger partial charge on any atom is 0.225 e. The van der Waals surface area contributed by atoms with Gasteiger partial charge in [-0.15, -0.1) is 0 Å². The molecule has 1 atom stereocenters. The average Bonchev–Trinajstić information content (AvgIpc) is 3.30. The van der Waals surface area contributed by atoms with Gasteiger partial charge in [-0.05, 0) is 48.4 Å². The van der Waals surface area contributed by atoms with Crippen molar-refractivity contribution in [3.63, 3.8) is 0 Å². The first kappa shape index (κ1) is 21.6. The van der Waals surface area contributed by atoms with Gasteiger partial charge in [-0.25, -0.2) is 9.97 Å². The Kier molecular flexibility index (Phi) is 5.06. The standard InChI is InChI=1S/C28H25ClN6O/c29-23-12-25-27(30-14-23)35(16-17-9-10-34(15-17)28(36)20-5-6-20)26(32-25)19-3-1-18(2-4-19)21-7-8-22-13-31-33-24(22)11-21/h1-4,7-8,11-14,17,20H,5-6,9-10,15-16H2,(H,31,33)/t17-/m1/s1. The van der Waals surface area contributed by atoms with Crippen molar-refractivity contribution in [2.24, 2.45) is 11.8 Å². The molecule has 2 fully saturated rings. The van der Waals surface area contributed by atoms with Gasteiger partial charge in [-0.1, -0.05) is 48.0 Å². The number of amides is 1. The molecule has 1 amide bonds. The van der Waals surface area contributed by atoms with Crippen LogP contribution in [0.25, 0.3) is 44.6 Å². The number of carbonyl (C=O) groups is 1. The van der Waals surface area contributed by atoms with Crippen molar-refractivity contribution in [3.8, 4) is 22.5 Å². The van der Waals surface area contributed by atoms with Crippen LogP contribution in [0.5, 0.6) is 0 Å². The van der Waals surface area contributed by atoms with Crippen molar-refractivity contribution < 1.29 is 4.79 Å². The maximum absolute atomic E-state index is 12.6. The van der Waals surface area contributed by atoms with Gasteiger partial charge in [0.1, 0.15) is 11.3 Å². The number of fused-ring (bicyclic) bond motifs is 2. The van der Waals surface area contributed by atoms with Crippen LogP contribution in [0.4, 0.5) is 0 Å². The van der Waals surface area contributed by atoms with E-state index in [4.69, 9.17) is 16.6 Å². The Hall–Kier alpha value is -3.71. The molecule has 4 heterocycles. The van der Waals surface area contributed by atoms with Crippen LogP contribution < -0.4 is 0 Å². The Morgan fingerprint density at radius 3 is 2.64 bits per heavy atom. The lowest BCUT2D eigenvalue weighted by Gasteiger charge is -2.17. The fraction of sp³-hybridized carbons (Fsp3) is 0.286. The van der Waals surface area contributed by atoms with Gasteiger partial charge >= 0.3 is 0 Å². The molecule has 0 unspecified atom stereocenters. The fourth-order valence-corrected chi connectivity index (χ4v) is 5.49. The van der Waals surface area contributed by atoms with E-state index >= 15 is 0 Å². The van der Waals surface area contributed by atoms with Crippen molar-refractivity contribution in [3.05, 3.63) is 65.9 Å². The molecule has 1 saturated heterocycles. The third-order valence-corrected chi connectivity index (χ3v) is 7.64. The van der Waals surface area contributed by atoms with Crippen LogP contribution in [0.1, 0.15) is 19.3 Å². The van der Waals surface area contributed by atoms with Crippen molar-refractivity contribution in [2.75, 3.05) is 13.1 Å². The number of hydrogen-bond acceptors (Lipinski definition) is 4. The summed E-state index contributed by atoms with van der Waals surface area (Å²) >= 11 is 6.24. The number of H-pyrrole nitrogens is 1. The zero-order valence-corrected chi connectivity index (χ0v) is 20.4. The van der Waals surface area contributed by atoms with E-state index in [0.717, 1.165) is 83.5 Å². The van der Waals surface area contributed by atoms with Gasteiger partial charge in [-0.2, -0.15) is 5.10 Å². The predicted octanol–water partition coefficient (Wildman–Crippen LogP) is 5.55. The van der Waals surface area contributed by atoms with E-state index in [1.54, 1.807) is 6.20 Å². The Balaban J connectivity index is 1.21. The first-order chi connectivity index (χ1) is 17.6. The molecule has 1 saturated carbocycles. The number of nitrogens with zero attached hydrogens (tertiary/aromatic N) is 5. The summed E-state index contributed by atoms with van der Waals surface area (Å²) in [5.41, 5.74) is 5.92. The quantitative estimate of drug-likeness (QED) is 0.346. The lowest BCUT2D eigenvalue weighted by molar-refractivity contribution is -0.131. The van der Waals surface area contributed by atoms with E-state index in [2.05, 4.69) is 67.1 Å². The van der Waals surface area contributed by atoms with E-state index < -0.39 is 0 Å². The van der Waals surface area contributed by atoms with E-state index in [9.17, 15) is 4.79 Å². The summed E-state index contributed by atoms with van der Waals surface area (Å²) < 4.78 is 2.20. The van der Waals surface area contributed by atoms with Gasteiger partial charge in [0.25, 0.3) is 0 Å². The Labute approximate surface area is 213 Å². The maximum atomic E-state index is 12.6. The van der Waals surface area contributed by atoms with Crippen molar-refractivity contribution >= 4 is 39.6 Å². The molecule has 2 aliphatic rings. The lowest BCUT2D eigenvalue weighted by Crippen LogP contribution is -2.30. The first-order valence-electron chi connectivity index (χ1n) is 12.5. The zero-order valence-electron chi connectivity index (χ0n) is 19.7. The Morgan fingerprint density at radius 1 is 1.00 bits per heavy atom. The third-order valence-electron chi connectivity index (χ3n) is 7.43. The van der Waals surface area contributed by atoms with Crippen LogP contribution in [0.2, 0.25) is 5.02 Å². The molecule has 7 nitrogen and oxygen atoms in total. The van der Waals surface area contributed by atoms with Crippen LogP contribution in [0.15, 0.2) is 60.9 Å². The number of nitrogens with one attached hydrogen (secondary N) is 1. The van der Waals surface area contributed by atoms with Crippen molar-refractivity contribution in [2.45, 2.75) is 25.8 Å². The van der Waals surface area contributed by atoms with Gasteiger partial charge < -0.3 is 9.47 Å². The van der Waals surface area contributed by atoms with Crippen LogP contribution in [0.3, 0.4) is 0 Å². The SMILES string of the molecule is O=C(C1CC1)N1CC[C@@H](Cn2c(-c3ccc(-c4ccc5cn[nH]c5c4)cc3)nc3cc(Cl)cnc32)C1. The van der Waals surface area contributed by atoms with Gasteiger partial charge in [0.15, 0.2) is 5.65 Å². The van der Waals surface area contributed by atoms with Crippen LogP contribution in [-0.4, -0.2) is 48.6 Å². The summed E-state index contributed by atoms with van der Waals surface area (Å²) in [5.74, 6) is 1.86. The zero-order chi connectivity index (χ0) is 24.2. The highest BCUT2D eigenvalue weighted by molar-refractivity contribution is 6.31. The number of aromatic amines is 1. The molecular weight excluding hydrogens is 472 g/mol. The normalized spacial score (nSPS) is 17.9. The highest BCUT2D eigenvalue weighted by Gasteiger charge is 2.36. The van der Waals surface area contributed by atoms with E-state index in [1.807, 2.05) is 12.3 Å². The first-order valence-corrected chi connectivity index (χ1v) is 12.8. The molecule has 7 rings (SSSR count). The van der Waals surface area contributed by atoms with E-state index in [1.165, 1.54) is 0 Å². The second kappa shape index (κ2) is 8.45. The molecule has 0 spiro atoms. The van der Waals surface area contributed by atoms with Crippen molar-refractivity contribution in [1.29, 1.82) is 0 Å². The highest BCUT2D eigenvalue weighted by Crippen LogP contribution is 2.34. The summed E-state index contributed by atoms with van der Waals surface area (Å²) in [6.45, 7) is 2.42. The number of imidazole rings is 1. The molecule has 0 radical (unpaired) electrons. The largest absolute Gasteiger partial charge is 0.342 e. The molecule has 3 aromatic heterocycles. The second-order valence-electron chi connectivity index (χ2n) is 10.0. The number of halogens is 1. The minimum Gasteiger partial charge on any atom is -0.342 e. The topological polar surface area (TPSA) is 79.7 Å². The van der Waals surface area contributed by atoms with Gasteiger partial charge in [-0.3, -0.25) is 9.89 Å². The number of pyridine rings is 1. The summed E-state index contributed by atoms with van der Waals surface area (Å²) in [4.78, 5) is 24.2. The molecule has 5 aromatic rings. The predicted molar refractivity (Wildman–Crippen MR) is 140 cm³/mol. The monoisotopic (exact) mass is 496 g/mol. The van der Waals surface area contributed by atoms with Crippen LogP contribution in [-0.2, 0) is 11.3 Å². The molecule has 1 aliphatic carbocycles. The number of carbonyl (C=O) groups excluding carboxylic acids is 1. The minimum atomic E-state index is 0.268. The molecule has 0 bridgehead atoms. The Bertz CT molecular complexity index is 1600. The number of hydrogen-bond donors (Lipinski definition) is 1. The molecule has 1 N–H and O–H groups in total.